The van der Waals surface area contributed by atoms with Gasteiger partial charge in [-0.2, -0.15) is 0 Å². The van der Waals surface area contributed by atoms with Crippen molar-refractivity contribution < 1.29 is 0 Å². The number of hydrogen-bond donors (Lipinski definition) is 1. The molecule has 5 rings (SSSR count). The van der Waals surface area contributed by atoms with Gasteiger partial charge in [-0.15, -0.1) is 0 Å². The topological polar surface area (TPSA) is 46.0 Å². The lowest BCUT2D eigenvalue weighted by Gasteiger charge is -2.20. The third kappa shape index (κ3) is 2.83. The summed E-state index contributed by atoms with van der Waals surface area (Å²) in [5.74, 6) is 1.74. The highest BCUT2D eigenvalue weighted by molar-refractivity contribution is 5.84. The third-order valence-corrected chi connectivity index (χ3v) is 6.19. The molecule has 144 valence electrons. The number of imidazole rings is 1. The number of aromatic nitrogens is 4. The van der Waals surface area contributed by atoms with E-state index in [0.29, 0.717) is 5.92 Å². The summed E-state index contributed by atoms with van der Waals surface area (Å²) in [5.41, 5.74) is 6.89. The molecule has 0 atom stereocenters. The predicted octanol–water partition coefficient (Wildman–Crippen LogP) is 6.22. The molecule has 0 amide bonds. The zero-order chi connectivity index (χ0) is 19.3. The molecule has 28 heavy (non-hydrogen) atoms. The third-order valence-electron chi connectivity index (χ3n) is 6.19. The summed E-state index contributed by atoms with van der Waals surface area (Å²) in [5, 5.41) is 0. The Balaban J connectivity index is 1.71. The molecule has 0 saturated heterocycles. The largest absolute Gasteiger partial charge is 0.345 e. The lowest BCUT2D eigenvalue weighted by Crippen LogP contribution is -2.10. The molecule has 1 aliphatic rings. The van der Waals surface area contributed by atoms with Gasteiger partial charge in [-0.25, -0.2) is 9.97 Å². The van der Waals surface area contributed by atoms with Gasteiger partial charge >= 0.3 is 0 Å². The van der Waals surface area contributed by atoms with Crippen molar-refractivity contribution in [3.63, 3.8) is 0 Å². The van der Waals surface area contributed by atoms with Crippen molar-refractivity contribution >= 4 is 16.7 Å². The van der Waals surface area contributed by atoms with E-state index in [2.05, 4.69) is 65.5 Å². The van der Waals surface area contributed by atoms with Gasteiger partial charge in [0.2, 0.25) is 0 Å². The second-order valence-corrected chi connectivity index (χ2v) is 9.17. The first-order valence-corrected chi connectivity index (χ1v) is 10.5. The Bertz CT molecular complexity index is 1120. The average molecular weight is 373 g/mol. The zero-order valence-electron chi connectivity index (χ0n) is 17.0. The summed E-state index contributed by atoms with van der Waals surface area (Å²) in [6.07, 6.45) is 10.4. The monoisotopic (exact) mass is 372 g/mol. The number of aromatic amines is 1. The van der Waals surface area contributed by atoms with Gasteiger partial charge in [-0.3, -0.25) is 4.40 Å². The fraction of sp³-hybridized carbons (Fsp3) is 0.417. The summed E-state index contributed by atoms with van der Waals surface area (Å²) in [4.78, 5) is 13.1. The Morgan fingerprint density at radius 3 is 2.43 bits per heavy atom. The number of hydrogen-bond acceptors (Lipinski definition) is 2. The second kappa shape index (κ2) is 6.47. The Labute approximate surface area is 166 Å². The van der Waals surface area contributed by atoms with Crippen molar-refractivity contribution in [2.45, 2.75) is 64.2 Å². The first kappa shape index (κ1) is 17.5. The molecule has 1 N–H and O–H groups in total. The first-order valence-electron chi connectivity index (χ1n) is 10.5. The maximum atomic E-state index is 5.21. The summed E-state index contributed by atoms with van der Waals surface area (Å²) in [6.45, 7) is 6.76. The molecule has 3 aromatic heterocycles. The van der Waals surface area contributed by atoms with Gasteiger partial charge in [0.25, 0.3) is 0 Å². The van der Waals surface area contributed by atoms with Crippen molar-refractivity contribution in [3.8, 4) is 11.3 Å². The molecule has 1 fully saturated rings. The maximum Gasteiger partial charge on any atom is 0.154 e. The Hall–Kier alpha value is -2.62. The van der Waals surface area contributed by atoms with Crippen LogP contribution in [-0.4, -0.2) is 19.4 Å². The molecule has 0 aliphatic heterocycles. The molecule has 1 saturated carbocycles. The number of nitrogens with zero attached hydrogens (tertiary/aromatic N) is 3. The van der Waals surface area contributed by atoms with Gasteiger partial charge in [0.05, 0.1) is 22.9 Å². The minimum absolute atomic E-state index is 0.154. The quantitative estimate of drug-likeness (QED) is 0.454. The van der Waals surface area contributed by atoms with E-state index in [-0.39, 0.29) is 5.41 Å². The van der Waals surface area contributed by atoms with Gasteiger partial charge in [0.1, 0.15) is 5.82 Å². The van der Waals surface area contributed by atoms with E-state index in [1.807, 2.05) is 12.4 Å². The smallest absolute Gasteiger partial charge is 0.154 e. The summed E-state index contributed by atoms with van der Waals surface area (Å²) in [6, 6.07) is 11.0. The minimum Gasteiger partial charge on any atom is -0.345 e. The molecule has 0 bridgehead atoms. The lowest BCUT2D eigenvalue weighted by molar-refractivity contribution is 0.429. The first-order chi connectivity index (χ1) is 13.5. The highest BCUT2D eigenvalue weighted by atomic mass is 15.1. The average Bonchev–Trinajstić information content (AvgIpc) is 3.32. The van der Waals surface area contributed by atoms with E-state index < -0.39 is 0 Å². The summed E-state index contributed by atoms with van der Waals surface area (Å²) >= 11 is 0. The molecule has 4 nitrogen and oxygen atoms in total. The number of H-pyrrole nitrogens is 1. The van der Waals surface area contributed by atoms with Gasteiger partial charge < -0.3 is 4.98 Å². The van der Waals surface area contributed by atoms with Crippen LogP contribution in [0.15, 0.2) is 42.7 Å². The predicted molar refractivity (Wildman–Crippen MR) is 115 cm³/mol. The van der Waals surface area contributed by atoms with Crippen LogP contribution in [0.5, 0.6) is 0 Å². The van der Waals surface area contributed by atoms with Crippen LogP contribution in [0.1, 0.15) is 70.2 Å². The van der Waals surface area contributed by atoms with Crippen molar-refractivity contribution in [1.29, 1.82) is 0 Å². The molecule has 1 aromatic carbocycles. The van der Waals surface area contributed by atoms with Crippen LogP contribution in [0.2, 0.25) is 0 Å². The second-order valence-electron chi connectivity index (χ2n) is 9.17. The van der Waals surface area contributed by atoms with Gasteiger partial charge in [0, 0.05) is 17.7 Å². The van der Waals surface area contributed by atoms with Crippen LogP contribution in [-0.2, 0) is 5.41 Å². The maximum absolute atomic E-state index is 5.21. The normalized spacial score (nSPS) is 16.2. The highest BCUT2D eigenvalue weighted by Crippen LogP contribution is 2.37. The molecule has 4 aromatic rings. The molecular formula is C24H28N4. The Kier molecular flexibility index (Phi) is 4.04. The fourth-order valence-corrected chi connectivity index (χ4v) is 4.56. The van der Waals surface area contributed by atoms with Crippen molar-refractivity contribution in [2.24, 2.45) is 0 Å². The lowest BCUT2D eigenvalue weighted by atomic mass is 9.86. The molecule has 3 heterocycles. The number of fused-ring (bicyclic) bond motifs is 3. The SMILES string of the molecule is CC(C)(C)c1ccc(-c2nc(C3CCCCC3)n3c2cnc2[nH]ccc23)cc1. The fourth-order valence-electron chi connectivity index (χ4n) is 4.56. The van der Waals surface area contributed by atoms with E-state index in [1.165, 1.54) is 49.1 Å². The van der Waals surface area contributed by atoms with Gasteiger partial charge in [0.15, 0.2) is 5.65 Å². The van der Waals surface area contributed by atoms with Crippen LogP contribution < -0.4 is 0 Å². The molecule has 0 spiro atoms. The standard InChI is InChI=1S/C24H28N4/c1-24(2,3)18-11-9-16(10-12-18)21-20-15-26-22-19(13-14-25-22)28(20)23(27-21)17-7-5-4-6-8-17/h9-15,17,25H,4-8H2,1-3H3. The van der Waals surface area contributed by atoms with Crippen LogP contribution in [0, 0.1) is 0 Å². The van der Waals surface area contributed by atoms with E-state index in [4.69, 9.17) is 4.98 Å². The number of rotatable bonds is 2. The van der Waals surface area contributed by atoms with Gasteiger partial charge in [-0.05, 0) is 29.9 Å². The summed E-state index contributed by atoms with van der Waals surface area (Å²) < 4.78 is 2.35. The van der Waals surface area contributed by atoms with Gasteiger partial charge in [-0.1, -0.05) is 64.3 Å². The van der Waals surface area contributed by atoms with E-state index >= 15 is 0 Å². The summed E-state index contributed by atoms with van der Waals surface area (Å²) in [7, 11) is 0. The Morgan fingerprint density at radius 1 is 0.964 bits per heavy atom. The molecule has 0 radical (unpaired) electrons. The van der Waals surface area contributed by atoms with E-state index in [0.717, 1.165) is 22.4 Å². The van der Waals surface area contributed by atoms with Crippen LogP contribution >= 0.6 is 0 Å². The van der Waals surface area contributed by atoms with Crippen molar-refractivity contribution in [2.75, 3.05) is 0 Å². The molecule has 1 aliphatic carbocycles. The highest BCUT2D eigenvalue weighted by Gasteiger charge is 2.24. The molecule has 0 unspecified atom stereocenters. The van der Waals surface area contributed by atoms with E-state index in [1.54, 1.807) is 0 Å². The molecule has 4 heteroatoms. The minimum atomic E-state index is 0.154. The zero-order valence-corrected chi connectivity index (χ0v) is 17.0. The van der Waals surface area contributed by atoms with Crippen molar-refractivity contribution in [1.82, 2.24) is 19.4 Å². The van der Waals surface area contributed by atoms with Crippen LogP contribution in [0.25, 0.3) is 27.9 Å². The van der Waals surface area contributed by atoms with Crippen molar-refractivity contribution in [3.05, 3.63) is 54.1 Å². The number of benzene rings is 1. The number of nitrogens with one attached hydrogen (secondary N) is 1. The van der Waals surface area contributed by atoms with E-state index in [9.17, 15) is 0 Å². The Morgan fingerprint density at radius 2 is 1.71 bits per heavy atom. The van der Waals surface area contributed by atoms with Crippen LogP contribution in [0.4, 0.5) is 0 Å². The molecular weight excluding hydrogens is 344 g/mol. The van der Waals surface area contributed by atoms with Crippen LogP contribution in [0.3, 0.4) is 0 Å².